The van der Waals surface area contributed by atoms with Crippen molar-refractivity contribution in [2.45, 2.75) is 53.9 Å². The summed E-state index contributed by atoms with van der Waals surface area (Å²) in [6, 6.07) is 40.8. The summed E-state index contributed by atoms with van der Waals surface area (Å²) in [5, 5.41) is 53.3. The number of aliphatic hydroxyl groups excluding tert-OH is 1. The van der Waals surface area contributed by atoms with E-state index in [1.807, 2.05) is 6.07 Å². The second kappa shape index (κ2) is 29.5. The first-order chi connectivity index (χ1) is 29.9. The van der Waals surface area contributed by atoms with Crippen molar-refractivity contribution in [1.82, 2.24) is 0 Å². The minimum absolute atomic E-state index is 0.0139. The number of benzene rings is 6. The Morgan fingerprint density at radius 1 is 0.413 bits per heavy atom. The van der Waals surface area contributed by atoms with Gasteiger partial charge in [-0.15, -0.1) is 0 Å². The van der Waals surface area contributed by atoms with Crippen molar-refractivity contribution in [1.29, 1.82) is 0 Å². The van der Waals surface area contributed by atoms with Crippen LogP contribution >= 0.6 is 0 Å². The van der Waals surface area contributed by atoms with Gasteiger partial charge in [0.1, 0.15) is 41.1 Å². The molecular weight excluding hydrogens is 805 g/mol. The first-order valence-corrected chi connectivity index (χ1v) is 19.6. The van der Waals surface area contributed by atoms with Gasteiger partial charge in [-0.1, -0.05) is 92.7 Å². The summed E-state index contributed by atoms with van der Waals surface area (Å²) in [5.74, 6) is 0.676. The van der Waals surface area contributed by atoms with E-state index in [0.717, 1.165) is 5.56 Å². The van der Waals surface area contributed by atoms with Gasteiger partial charge < -0.3 is 30.6 Å². The van der Waals surface area contributed by atoms with Crippen LogP contribution in [0.15, 0.2) is 152 Å². The fourth-order valence-corrected chi connectivity index (χ4v) is 4.82. The minimum atomic E-state index is -0.413. The van der Waals surface area contributed by atoms with E-state index in [2.05, 4.69) is 0 Å². The molecule has 6 N–H and O–H groups in total. The summed E-state index contributed by atoms with van der Waals surface area (Å²) in [7, 11) is 0. The molecule has 0 saturated carbocycles. The molecule has 6 aromatic rings. The maximum atomic E-state index is 11.1. The Morgan fingerprint density at radius 2 is 0.857 bits per heavy atom. The Hall–Kier alpha value is -7.70. The van der Waals surface area contributed by atoms with Crippen molar-refractivity contribution in [3.63, 3.8) is 0 Å². The smallest absolute Gasteiger partial charge is 0.188 e. The third kappa shape index (κ3) is 22.5. The zero-order valence-electron chi connectivity index (χ0n) is 35.9. The van der Waals surface area contributed by atoms with Crippen LogP contribution in [0.4, 0.5) is 0 Å². The van der Waals surface area contributed by atoms with E-state index in [-0.39, 0.29) is 63.4 Å². The molecule has 12 nitrogen and oxygen atoms in total. The van der Waals surface area contributed by atoms with Gasteiger partial charge in [0.05, 0.1) is 5.56 Å². The van der Waals surface area contributed by atoms with Crippen LogP contribution in [-0.2, 0) is 11.2 Å². The van der Waals surface area contributed by atoms with Gasteiger partial charge in [0.25, 0.3) is 0 Å². The number of aliphatic hydroxyl groups is 1. The molecule has 0 radical (unpaired) electrons. The van der Waals surface area contributed by atoms with Gasteiger partial charge in [0.2, 0.25) is 0 Å². The summed E-state index contributed by atoms with van der Waals surface area (Å²) < 4.78 is 0. The molecule has 0 amide bonds. The lowest BCUT2D eigenvalue weighted by Crippen LogP contribution is -2.02. The third-order valence-electron chi connectivity index (χ3n) is 8.17. The van der Waals surface area contributed by atoms with E-state index in [0.29, 0.717) is 47.1 Å². The van der Waals surface area contributed by atoms with Crippen LogP contribution < -0.4 is 0 Å². The van der Waals surface area contributed by atoms with E-state index in [4.69, 9.17) is 25.5 Å². The Bertz CT molecular complexity index is 2350. The first-order valence-electron chi connectivity index (χ1n) is 19.6. The van der Waals surface area contributed by atoms with Gasteiger partial charge in [-0.3, -0.25) is 28.8 Å². The second-order valence-electron chi connectivity index (χ2n) is 13.3. The van der Waals surface area contributed by atoms with Gasteiger partial charge in [0, 0.05) is 41.5 Å². The first kappa shape index (κ1) is 53.3. The normalized spacial score (nSPS) is 9.43. The van der Waals surface area contributed by atoms with Gasteiger partial charge >= 0.3 is 0 Å². The van der Waals surface area contributed by atoms with Crippen molar-refractivity contribution < 1.29 is 59.4 Å². The molecule has 0 atom stereocenters. The van der Waals surface area contributed by atoms with E-state index in [1.165, 1.54) is 50.2 Å². The standard InChI is InChI=1S/3C9H10O2.3C8H8O2/c1-7(10)6-8-2-4-9(11)5-3-8;1-2-9(11)7-4-3-5-8(10)6-7;1-2-8(10)7-5-3-4-6-9(7)11;1-6(9)7-2-4-8(10)5-3-7;1-6(9)7-3-2-4-8(10)5-7;9-6-8(10)7-4-2-1-3-5-7/h2-5,11H,6H2,1H3;3-6,10H,2H2,1H3;3-6,11H,2H2,1H3;2*2-5,10H,1H3;1-5,9H,6H2. The topological polar surface area (TPSA) is 224 Å². The second-order valence-corrected chi connectivity index (χ2v) is 13.3. The molecule has 6 aromatic carbocycles. The monoisotopic (exact) mass is 858 g/mol. The summed E-state index contributed by atoms with van der Waals surface area (Å²) in [6.45, 7) is 7.67. The molecule has 12 heteroatoms. The quantitative estimate of drug-likeness (QED) is 0.0709. The Balaban J connectivity index is 0.000000378. The van der Waals surface area contributed by atoms with Crippen LogP contribution in [0.5, 0.6) is 28.7 Å². The fraction of sp³-hybridized carbons (Fsp3) is 0.176. The number of hydrogen-bond donors (Lipinski definition) is 6. The molecule has 0 aliphatic carbocycles. The van der Waals surface area contributed by atoms with Crippen LogP contribution in [-0.4, -0.2) is 71.9 Å². The Labute approximate surface area is 367 Å². The predicted octanol–water partition coefficient (Wildman–Crippen LogP) is 9.54. The predicted molar refractivity (Wildman–Crippen MR) is 242 cm³/mol. The molecule has 0 aliphatic rings. The van der Waals surface area contributed by atoms with Crippen molar-refractivity contribution in [3.05, 3.63) is 185 Å². The number of para-hydroxylation sites is 1. The molecule has 6 rings (SSSR count). The van der Waals surface area contributed by atoms with Gasteiger partial charge in [0.15, 0.2) is 28.9 Å². The average molecular weight is 859 g/mol. The van der Waals surface area contributed by atoms with Crippen LogP contribution in [0.25, 0.3) is 0 Å². The number of aromatic hydroxyl groups is 5. The molecule has 63 heavy (non-hydrogen) atoms. The molecule has 0 bridgehead atoms. The number of Topliss-reactive ketones (excluding diaryl/α,β-unsaturated/α-hetero) is 6. The fourth-order valence-electron chi connectivity index (χ4n) is 4.82. The Kier molecular flexibility index (Phi) is 25.0. The molecular formula is C51H54O12. The lowest BCUT2D eigenvalue weighted by atomic mass is 10.1. The highest BCUT2D eigenvalue weighted by atomic mass is 16.3. The minimum Gasteiger partial charge on any atom is -0.508 e. The van der Waals surface area contributed by atoms with Gasteiger partial charge in [-0.05, 0) is 99.1 Å². The highest BCUT2D eigenvalue weighted by molar-refractivity contribution is 5.98. The summed E-state index contributed by atoms with van der Waals surface area (Å²) in [6.07, 6.45) is 1.35. The molecule has 0 spiro atoms. The summed E-state index contributed by atoms with van der Waals surface area (Å²) in [4.78, 5) is 64.9. The lowest BCUT2D eigenvalue weighted by molar-refractivity contribution is -0.116. The van der Waals surface area contributed by atoms with E-state index in [1.54, 1.807) is 130 Å². The van der Waals surface area contributed by atoms with E-state index in [9.17, 15) is 33.9 Å². The molecule has 0 saturated heterocycles. The number of carbonyl (C=O) groups excluding carboxylic acids is 6. The average Bonchev–Trinajstić information content (AvgIpc) is 3.28. The maximum Gasteiger partial charge on any atom is 0.188 e. The summed E-state index contributed by atoms with van der Waals surface area (Å²) >= 11 is 0. The maximum absolute atomic E-state index is 11.1. The highest BCUT2D eigenvalue weighted by Gasteiger charge is 2.06. The zero-order chi connectivity index (χ0) is 47.3. The van der Waals surface area contributed by atoms with Crippen molar-refractivity contribution in [2.24, 2.45) is 0 Å². The molecule has 0 fully saturated rings. The number of carbonyl (C=O) groups is 6. The van der Waals surface area contributed by atoms with Gasteiger partial charge in [-0.25, -0.2) is 0 Å². The SMILES string of the molecule is CC(=O)Cc1ccc(O)cc1.CC(=O)c1ccc(O)cc1.CC(=O)c1cccc(O)c1.CCC(=O)c1cccc(O)c1.CCC(=O)c1ccccc1O.O=C(CO)c1ccccc1. The van der Waals surface area contributed by atoms with E-state index < -0.39 is 6.61 Å². The van der Waals surface area contributed by atoms with Crippen LogP contribution in [0.2, 0.25) is 0 Å². The van der Waals surface area contributed by atoms with E-state index >= 15 is 0 Å². The number of ketones is 6. The van der Waals surface area contributed by atoms with Crippen LogP contribution in [0.3, 0.4) is 0 Å². The van der Waals surface area contributed by atoms with Crippen molar-refractivity contribution in [2.75, 3.05) is 6.61 Å². The number of hydrogen-bond acceptors (Lipinski definition) is 12. The third-order valence-corrected chi connectivity index (χ3v) is 8.17. The van der Waals surface area contributed by atoms with Crippen molar-refractivity contribution >= 4 is 34.7 Å². The largest absolute Gasteiger partial charge is 0.508 e. The molecule has 330 valence electrons. The number of rotatable bonds is 10. The Morgan fingerprint density at radius 3 is 1.29 bits per heavy atom. The molecule has 0 unspecified atom stereocenters. The number of phenols is 5. The molecule has 0 heterocycles. The van der Waals surface area contributed by atoms with Crippen LogP contribution in [0, 0.1) is 0 Å². The van der Waals surface area contributed by atoms with Gasteiger partial charge in [-0.2, -0.15) is 0 Å². The summed E-state index contributed by atoms with van der Waals surface area (Å²) in [5.41, 5.74) is 3.65. The van der Waals surface area contributed by atoms with Crippen LogP contribution in [0.1, 0.15) is 105 Å². The number of phenolic OH excluding ortho intramolecular Hbond substituents is 5. The highest BCUT2D eigenvalue weighted by Crippen LogP contribution is 2.17. The molecule has 0 aliphatic heterocycles. The van der Waals surface area contributed by atoms with Crippen molar-refractivity contribution in [3.8, 4) is 28.7 Å². The molecule has 0 aromatic heterocycles. The lowest BCUT2D eigenvalue weighted by Gasteiger charge is -1.99. The zero-order valence-corrected chi connectivity index (χ0v) is 35.9.